The SMILES string of the molecule is CCCCCCCCCCCCCCCCCC(=O)NS(=O)(=O)c1ccc(N)cc1.OC[C@H]1O[C@@H](n2cnc3c(O)ncnc32)[C@H](O)[C@@H]1O. The van der Waals surface area contributed by atoms with Crippen LogP contribution in [0.4, 0.5) is 5.69 Å². The molecule has 0 radical (unpaired) electrons. The molecule has 0 saturated carbocycles. The predicted octanol–water partition coefficient (Wildman–Crippen LogP) is 4.48. The number of aromatic nitrogens is 4. The maximum Gasteiger partial charge on any atom is 0.264 e. The molecule has 1 amide bonds. The molecule has 7 N–H and O–H groups in total. The van der Waals surface area contributed by atoms with Crippen LogP contribution in [0.2, 0.25) is 0 Å². The van der Waals surface area contributed by atoms with E-state index in [0.717, 1.165) is 25.6 Å². The zero-order chi connectivity index (χ0) is 35.6. The average Bonchev–Trinajstić information content (AvgIpc) is 3.63. The van der Waals surface area contributed by atoms with Crippen molar-refractivity contribution < 1.29 is 38.4 Å². The van der Waals surface area contributed by atoms with Crippen molar-refractivity contribution in [1.82, 2.24) is 24.2 Å². The van der Waals surface area contributed by atoms with Crippen molar-refractivity contribution in [2.75, 3.05) is 12.3 Å². The number of amides is 1. The fourth-order valence-corrected chi connectivity index (χ4v) is 6.71. The summed E-state index contributed by atoms with van der Waals surface area (Å²) in [6, 6.07) is 5.82. The van der Waals surface area contributed by atoms with Crippen LogP contribution in [-0.4, -0.2) is 79.2 Å². The molecule has 4 rings (SSSR count). The van der Waals surface area contributed by atoms with Gasteiger partial charge in [0.15, 0.2) is 17.4 Å². The highest BCUT2D eigenvalue weighted by atomic mass is 32.2. The lowest BCUT2D eigenvalue weighted by Crippen LogP contribution is -2.33. The van der Waals surface area contributed by atoms with Gasteiger partial charge in [-0.15, -0.1) is 0 Å². The number of imidazole rings is 1. The monoisotopic (exact) mass is 706 g/mol. The minimum absolute atomic E-state index is 0.0570. The summed E-state index contributed by atoms with van der Waals surface area (Å²) >= 11 is 0. The number of sulfonamides is 1. The summed E-state index contributed by atoms with van der Waals surface area (Å²) in [4.78, 5) is 23.4. The number of hydrogen-bond donors (Lipinski definition) is 6. The third kappa shape index (κ3) is 12.8. The number of aliphatic hydroxyl groups is 3. The van der Waals surface area contributed by atoms with Crippen molar-refractivity contribution in [3.63, 3.8) is 0 Å². The number of benzene rings is 1. The summed E-state index contributed by atoms with van der Waals surface area (Å²) in [7, 11) is -3.80. The number of carbonyl (C=O) groups is 1. The molecule has 3 heterocycles. The second-order valence-corrected chi connectivity index (χ2v) is 14.2. The van der Waals surface area contributed by atoms with Gasteiger partial charge in [-0.2, -0.15) is 4.98 Å². The van der Waals surface area contributed by atoms with Crippen LogP contribution < -0.4 is 10.5 Å². The fourth-order valence-electron chi connectivity index (χ4n) is 5.70. The Morgan fingerprint density at radius 2 is 1.41 bits per heavy atom. The number of aliphatic hydroxyl groups excluding tert-OH is 3. The Kier molecular flexibility index (Phi) is 17.2. The maximum absolute atomic E-state index is 12.1. The third-order valence-corrected chi connectivity index (χ3v) is 9.97. The van der Waals surface area contributed by atoms with Gasteiger partial charge < -0.3 is 30.9 Å². The van der Waals surface area contributed by atoms with Crippen LogP contribution in [0.3, 0.4) is 0 Å². The average molecular weight is 707 g/mol. The van der Waals surface area contributed by atoms with Gasteiger partial charge in [0.05, 0.1) is 17.8 Å². The highest BCUT2D eigenvalue weighted by molar-refractivity contribution is 7.90. The first-order chi connectivity index (χ1) is 23.6. The number of nitrogens with zero attached hydrogens (tertiary/aromatic N) is 4. The molecule has 1 fully saturated rings. The summed E-state index contributed by atoms with van der Waals surface area (Å²) in [5.41, 5.74) is 6.48. The van der Waals surface area contributed by atoms with E-state index in [1.54, 1.807) is 0 Å². The molecule has 0 bridgehead atoms. The molecule has 1 saturated heterocycles. The van der Waals surface area contributed by atoms with E-state index in [9.17, 15) is 28.5 Å². The zero-order valence-electron chi connectivity index (χ0n) is 28.5. The number of ether oxygens (including phenoxy) is 1. The van der Waals surface area contributed by atoms with Crippen LogP contribution in [-0.2, 0) is 19.6 Å². The first-order valence-electron chi connectivity index (χ1n) is 17.5. The smallest absolute Gasteiger partial charge is 0.264 e. The standard InChI is InChI=1S/C24H42N2O3S.C10H12N4O5/c1-2-3-4-5-6-7-8-9-10-11-12-13-14-15-16-17-24(27)26-30(28,29)23-20-18-22(25)19-21-23;15-1-4-6(16)7(17)10(19-4)14-3-13-5-8(14)11-2-12-9(5)18/h18-21H,2-17,25H2,1H3,(H,26,27);2-4,6-7,10,15-17H,1H2,(H,11,12,18)/t;4-,6-,7-,10-/m.1/s1. The lowest BCUT2D eigenvalue weighted by Gasteiger charge is -2.16. The number of rotatable bonds is 20. The van der Waals surface area contributed by atoms with Crippen molar-refractivity contribution in [2.45, 2.75) is 139 Å². The Labute approximate surface area is 289 Å². The van der Waals surface area contributed by atoms with Crippen molar-refractivity contribution >= 4 is 32.8 Å². The van der Waals surface area contributed by atoms with Crippen LogP contribution in [0.15, 0.2) is 41.8 Å². The van der Waals surface area contributed by atoms with Gasteiger partial charge in [-0.3, -0.25) is 9.36 Å². The second kappa shape index (κ2) is 21.0. The number of anilines is 1. The van der Waals surface area contributed by atoms with Crippen molar-refractivity contribution in [1.29, 1.82) is 0 Å². The number of fused-ring (bicyclic) bond motifs is 1. The quantitative estimate of drug-likeness (QED) is 0.0707. The molecule has 2 aromatic heterocycles. The van der Waals surface area contributed by atoms with Gasteiger partial charge in [0.1, 0.15) is 24.6 Å². The normalized spacial score (nSPS) is 19.1. The summed E-state index contributed by atoms with van der Waals surface area (Å²) in [5, 5.41) is 38.2. The number of unbranched alkanes of at least 4 members (excludes halogenated alkanes) is 14. The molecule has 14 nitrogen and oxygen atoms in total. The van der Waals surface area contributed by atoms with Crippen LogP contribution in [0, 0.1) is 0 Å². The van der Waals surface area contributed by atoms with Gasteiger partial charge in [0.2, 0.25) is 11.8 Å². The highest BCUT2D eigenvalue weighted by Crippen LogP contribution is 2.32. The second-order valence-electron chi connectivity index (χ2n) is 12.5. The lowest BCUT2D eigenvalue weighted by molar-refractivity contribution is -0.119. The van der Waals surface area contributed by atoms with E-state index < -0.39 is 47.1 Å². The zero-order valence-corrected chi connectivity index (χ0v) is 29.3. The van der Waals surface area contributed by atoms with Gasteiger partial charge in [0.25, 0.3) is 10.0 Å². The maximum atomic E-state index is 12.1. The van der Waals surface area contributed by atoms with E-state index in [0.29, 0.717) is 5.69 Å². The van der Waals surface area contributed by atoms with E-state index >= 15 is 0 Å². The molecule has 274 valence electrons. The Hall–Kier alpha value is -3.37. The van der Waals surface area contributed by atoms with E-state index in [-0.39, 0.29) is 28.4 Å². The minimum atomic E-state index is -3.80. The number of carbonyl (C=O) groups excluding carboxylic acids is 1. The molecule has 1 aromatic carbocycles. The molecule has 15 heteroatoms. The Morgan fingerprint density at radius 1 is 0.857 bits per heavy atom. The summed E-state index contributed by atoms with van der Waals surface area (Å²) in [6.07, 6.45) is 17.4. The molecule has 0 unspecified atom stereocenters. The Morgan fingerprint density at radius 3 is 1.94 bits per heavy atom. The van der Waals surface area contributed by atoms with Crippen LogP contribution in [0.5, 0.6) is 5.88 Å². The molecule has 1 aliphatic rings. The summed E-state index contributed by atoms with van der Waals surface area (Å²) in [6.45, 7) is 1.84. The van der Waals surface area contributed by atoms with Gasteiger partial charge in [-0.25, -0.2) is 23.1 Å². The number of hydrogen-bond acceptors (Lipinski definition) is 12. The Balaban J connectivity index is 0.000000291. The van der Waals surface area contributed by atoms with Crippen molar-refractivity contribution in [2.24, 2.45) is 0 Å². The molecule has 0 aliphatic carbocycles. The molecule has 0 spiro atoms. The van der Waals surface area contributed by atoms with Crippen LogP contribution in [0.1, 0.15) is 116 Å². The lowest BCUT2D eigenvalue weighted by atomic mass is 10.0. The third-order valence-electron chi connectivity index (χ3n) is 8.58. The summed E-state index contributed by atoms with van der Waals surface area (Å²) in [5.74, 6) is -0.725. The minimum Gasteiger partial charge on any atom is -0.492 e. The number of nitrogens with one attached hydrogen (secondary N) is 1. The first-order valence-corrected chi connectivity index (χ1v) is 19.0. The molecule has 4 atom stereocenters. The topological polar surface area (TPSA) is 223 Å². The molecule has 3 aromatic rings. The number of aromatic hydroxyl groups is 1. The predicted molar refractivity (Wildman–Crippen MR) is 186 cm³/mol. The molecule has 49 heavy (non-hydrogen) atoms. The highest BCUT2D eigenvalue weighted by Gasteiger charge is 2.44. The van der Waals surface area contributed by atoms with Gasteiger partial charge in [0, 0.05) is 12.1 Å². The summed E-state index contributed by atoms with van der Waals surface area (Å²) < 4.78 is 33.2. The molecule has 1 aliphatic heterocycles. The molecular weight excluding hydrogens is 652 g/mol. The number of nitrogen functional groups attached to an aromatic ring is 1. The van der Waals surface area contributed by atoms with E-state index in [1.807, 2.05) is 0 Å². The first kappa shape index (κ1) is 40.1. The Bertz CT molecular complexity index is 1500. The van der Waals surface area contributed by atoms with Crippen LogP contribution >= 0.6 is 0 Å². The fraction of sp³-hybridized carbons (Fsp3) is 0.647. The largest absolute Gasteiger partial charge is 0.492 e. The van der Waals surface area contributed by atoms with Crippen molar-refractivity contribution in [3.8, 4) is 5.88 Å². The van der Waals surface area contributed by atoms with Crippen LogP contribution in [0.25, 0.3) is 11.2 Å². The van der Waals surface area contributed by atoms with Gasteiger partial charge in [-0.05, 0) is 30.7 Å². The van der Waals surface area contributed by atoms with Crippen molar-refractivity contribution in [3.05, 3.63) is 36.9 Å². The van der Waals surface area contributed by atoms with Gasteiger partial charge in [-0.1, -0.05) is 96.8 Å². The molecular formula is C34H54N6O8S. The van der Waals surface area contributed by atoms with E-state index in [4.69, 9.17) is 15.6 Å². The van der Waals surface area contributed by atoms with E-state index in [1.165, 1.54) is 112 Å². The van der Waals surface area contributed by atoms with Gasteiger partial charge >= 0.3 is 0 Å². The number of nitrogens with two attached hydrogens (primary N) is 1. The van der Waals surface area contributed by atoms with E-state index in [2.05, 4.69) is 26.6 Å².